The summed E-state index contributed by atoms with van der Waals surface area (Å²) in [5.41, 5.74) is 1.21. The molecule has 1 aromatic heterocycles. The maximum atomic E-state index is 3.12. The molecule has 1 heteroatoms. The van der Waals surface area contributed by atoms with Gasteiger partial charge in [0.05, 0.1) is 0 Å². The molecule has 0 radical (unpaired) electrons. The molecule has 0 atom stereocenters. The van der Waals surface area contributed by atoms with E-state index in [1.54, 1.807) is 0 Å². The lowest BCUT2D eigenvalue weighted by Crippen LogP contribution is -1.66. The first-order valence-electron chi connectivity index (χ1n) is 4.72. The first kappa shape index (κ1) is 9.85. The molecule has 1 aromatic carbocycles. The second-order valence-corrected chi connectivity index (χ2v) is 3.80. The van der Waals surface area contributed by atoms with E-state index >= 15 is 0 Å². The van der Waals surface area contributed by atoms with Gasteiger partial charge >= 0.3 is 0 Å². The van der Waals surface area contributed by atoms with Gasteiger partial charge in [-0.1, -0.05) is 39.0 Å². The number of hydrogen-bond acceptors (Lipinski definition) is 0. The summed E-state index contributed by atoms with van der Waals surface area (Å²) in [5.74, 6) is 0.833. The van der Waals surface area contributed by atoms with Gasteiger partial charge in [0, 0.05) is 13.1 Å². The van der Waals surface area contributed by atoms with Crippen LogP contribution in [0.25, 0.3) is 10.9 Å². The molecule has 0 saturated heterocycles. The van der Waals surface area contributed by atoms with E-state index in [9.17, 15) is 0 Å². The van der Waals surface area contributed by atoms with Gasteiger partial charge in [0.2, 0.25) is 0 Å². The zero-order chi connectivity index (χ0) is 9.68. The minimum atomic E-state index is 0. The molecule has 0 aliphatic carbocycles. The van der Waals surface area contributed by atoms with Crippen molar-refractivity contribution in [1.82, 2.24) is 4.98 Å². The van der Waals surface area contributed by atoms with Gasteiger partial charge < -0.3 is 4.98 Å². The van der Waals surface area contributed by atoms with Crippen molar-refractivity contribution in [1.29, 1.82) is 0 Å². The van der Waals surface area contributed by atoms with E-state index in [1.165, 1.54) is 10.9 Å². The van der Waals surface area contributed by atoms with Crippen LogP contribution in [-0.2, 0) is 0 Å². The van der Waals surface area contributed by atoms with Crippen molar-refractivity contribution in [2.75, 3.05) is 0 Å². The Bertz CT molecular complexity index is 319. The van der Waals surface area contributed by atoms with Crippen molar-refractivity contribution in [3.8, 4) is 0 Å². The highest BCUT2D eigenvalue weighted by atomic mass is 14.6. The Balaban J connectivity index is 0.000000299. The van der Waals surface area contributed by atoms with E-state index in [0.29, 0.717) is 0 Å². The molecule has 2 aromatic rings. The van der Waals surface area contributed by atoms with Gasteiger partial charge in [-0.25, -0.2) is 0 Å². The summed E-state index contributed by atoms with van der Waals surface area (Å²) in [7, 11) is 0. The molecule has 2 rings (SSSR count). The first-order valence-corrected chi connectivity index (χ1v) is 4.72. The van der Waals surface area contributed by atoms with Crippen molar-refractivity contribution in [2.45, 2.75) is 20.8 Å². The van der Waals surface area contributed by atoms with Gasteiger partial charge in [0.1, 0.15) is 0 Å². The van der Waals surface area contributed by atoms with Crippen LogP contribution in [0.1, 0.15) is 22.2 Å². The zero-order valence-electron chi connectivity index (χ0n) is 8.54. The number of nitrogens with one attached hydrogen (secondary N) is 1. The fraction of sp³-hybridized carbons (Fsp3) is 0.333. The number of H-pyrrole nitrogens is 1. The second-order valence-electron chi connectivity index (χ2n) is 3.80. The van der Waals surface area contributed by atoms with Crippen LogP contribution >= 0.6 is 0 Å². The van der Waals surface area contributed by atoms with Gasteiger partial charge in [-0.3, -0.25) is 0 Å². The lowest BCUT2D eigenvalue weighted by molar-refractivity contribution is 0.737. The summed E-state index contributed by atoms with van der Waals surface area (Å²) in [4.78, 5) is 3.12. The molecule has 0 bridgehead atoms. The minimum Gasteiger partial charge on any atom is -0.361 e. The topological polar surface area (TPSA) is 15.8 Å². The molecule has 0 aliphatic heterocycles. The number of aromatic amines is 1. The van der Waals surface area contributed by atoms with Crippen molar-refractivity contribution in [3.63, 3.8) is 0 Å². The molecule has 72 valence electrons. The lowest BCUT2D eigenvalue weighted by atomic mass is 10.3. The first-order chi connectivity index (χ1) is 6.20. The summed E-state index contributed by atoms with van der Waals surface area (Å²) in [5, 5.41) is 1.28. The van der Waals surface area contributed by atoms with E-state index in [4.69, 9.17) is 0 Å². The Morgan fingerprint density at radius 2 is 1.69 bits per heavy atom. The third kappa shape index (κ3) is 3.32. The van der Waals surface area contributed by atoms with Gasteiger partial charge in [0.15, 0.2) is 0 Å². The maximum Gasteiger partial charge on any atom is 0.0453 e. The van der Waals surface area contributed by atoms with E-state index in [1.807, 2.05) is 18.3 Å². The Kier molecular flexibility index (Phi) is 3.56. The zero-order valence-corrected chi connectivity index (χ0v) is 8.54. The number of para-hydroxylation sites is 1. The molecular weight excluding hydrogens is 158 g/mol. The number of fused-ring (bicyclic) bond motifs is 1. The van der Waals surface area contributed by atoms with Crippen LogP contribution in [-0.4, -0.2) is 4.98 Å². The van der Waals surface area contributed by atoms with Crippen molar-refractivity contribution in [2.24, 2.45) is 5.92 Å². The van der Waals surface area contributed by atoms with Crippen molar-refractivity contribution in [3.05, 3.63) is 36.5 Å². The summed E-state index contributed by atoms with van der Waals surface area (Å²) in [6.45, 7) is 6.50. The molecule has 0 fully saturated rings. The smallest absolute Gasteiger partial charge is 0.0453 e. The molecular formula is C12H19N. The van der Waals surface area contributed by atoms with E-state index < -0.39 is 0 Å². The Hall–Kier alpha value is -1.24. The van der Waals surface area contributed by atoms with Crippen LogP contribution in [0.4, 0.5) is 0 Å². The van der Waals surface area contributed by atoms with Crippen LogP contribution in [0.15, 0.2) is 36.5 Å². The van der Waals surface area contributed by atoms with Crippen molar-refractivity contribution >= 4 is 10.9 Å². The summed E-state index contributed by atoms with van der Waals surface area (Å²) in [6.07, 6.45) is 1.95. The normalized spacial score (nSPS) is 9.85. The molecule has 0 saturated carbocycles. The molecule has 0 unspecified atom stereocenters. The van der Waals surface area contributed by atoms with Gasteiger partial charge in [-0.05, 0) is 23.4 Å². The Morgan fingerprint density at radius 3 is 2.31 bits per heavy atom. The van der Waals surface area contributed by atoms with Gasteiger partial charge in [0.25, 0.3) is 0 Å². The average molecular weight is 177 g/mol. The molecule has 0 aliphatic rings. The number of hydrogen-bond donors (Lipinski definition) is 1. The predicted molar refractivity (Wildman–Crippen MR) is 60.9 cm³/mol. The van der Waals surface area contributed by atoms with Crippen LogP contribution in [0, 0.1) is 5.92 Å². The molecule has 13 heavy (non-hydrogen) atoms. The fourth-order valence-corrected chi connectivity index (χ4v) is 0.995. The molecule has 0 spiro atoms. The van der Waals surface area contributed by atoms with E-state index in [-0.39, 0.29) is 1.43 Å². The van der Waals surface area contributed by atoms with E-state index in [0.717, 1.165) is 5.92 Å². The predicted octanol–water partition coefficient (Wildman–Crippen LogP) is 4.08. The average Bonchev–Trinajstić information content (AvgIpc) is 2.49. The summed E-state index contributed by atoms with van der Waals surface area (Å²) >= 11 is 0. The minimum absolute atomic E-state index is 0. The number of rotatable bonds is 0. The highest BCUT2D eigenvalue weighted by Crippen LogP contribution is 2.09. The summed E-state index contributed by atoms with van der Waals surface area (Å²) < 4.78 is 0. The fourth-order valence-electron chi connectivity index (χ4n) is 0.995. The van der Waals surface area contributed by atoms with Gasteiger partial charge in [-0.15, -0.1) is 0 Å². The van der Waals surface area contributed by atoms with Crippen LogP contribution < -0.4 is 0 Å². The molecule has 0 amide bonds. The van der Waals surface area contributed by atoms with Crippen LogP contribution in [0.3, 0.4) is 0 Å². The Labute approximate surface area is 81.3 Å². The van der Waals surface area contributed by atoms with Crippen LogP contribution in [0.2, 0.25) is 0 Å². The molecule has 1 heterocycles. The monoisotopic (exact) mass is 177 g/mol. The molecule has 1 nitrogen and oxygen atoms in total. The third-order valence-corrected chi connectivity index (χ3v) is 1.46. The largest absolute Gasteiger partial charge is 0.361 e. The highest BCUT2D eigenvalue weighted by Gasteiger charge is 1.86. The SMILES string of the molecule is CC(C)C.[HH].c1ccc2[nH]ccc2c1. The lowest BCUT2D eigenvalue weighted by Gasteiger charge is -1.83. The van der Waals surface area contributed by atoms with Crippen molar-refractivity contribution < 1.29 is 1.43 Å². The number of aromatic nitrogens is 1. The highest BCUT2D eigenvalue weighted by molar-refractivity contribution is 5.78. The Morgan fingerprint density at radius 1 is 1.08 bits per heavy atom. The quantitative estimate of drug-likeness (QED) is 0.624. The number of benzene rings is 1. The van der Waals surface area contributed by atoms with E-state index in [2.05, 4.69) is 44.0 Å². The third-order valence-electron chi connectivity index (χ3n) is 1.46. The summed E-state index contributed by atoms with van der Waals surface area (Å²) in [6, 6.07) is 10.3. The molecule has 1 N–H and O–H groups in total. The van der Waals surface area contributed by atoms with Gasteiger partial charge in [-0.2, -0.15) is 0 Å². The second kappa shape index (κ2) is 4.70. The maximum absolute atomic E-state index is 3.12. The standard InChI is InChI=1S/C8H7N.C4H10.H2/c1-2-4-8-7(3-1)5-6-9-8;1-4(2)3;/h1-6,9H;4H,1-3H3;1H. The van der Waals surface area contributed by atoms with Crippen LogP contribution in [0.5, 0.6) is 0 Å².